The summed E-state index contributed by atoms with van der Waals surface area (Å²) in [6.45, 7) is 6.15. The van der Waals surface area contributed by atoms with Gasteiger partial charge in [-0.15, -0.1) is 0 Å². The Kier molecular flexibility index (Phi) is 6.18. The van der Waals surface area contributed by atoms with Gasteiger partial charge in [-0.05, 0) is 51.1 Å². The Morgan fingerprint density at radius 3 is 2.93 bits per heavy atom. The van der Waals surface area contributed by atoms with E-state index in [9.17, 15) is 0 Å². The van der Waals surface area contributed by atoms with Gasteiger partial charge < -0.3 is 10.6 Å². The van der Waals surface area contributed by atoms with Crippen molar-refractivity contribution in [3.05, 3.63) is 0 Å². The van der Waals surface area contributed by atoms with Crippen LogP contribution < -0.4 is 5.73 Å². The van der Waals surface area contributed by atoms with Crippen LogP contribution in [0.25, 0.3) is 0 Å². The van der Waals surface area contributed by atoms with Gasteiger partial charge in [0.05, 0.1) is 4.99 Å². The molecule has 0 amide bonds. The van der Waals surface area contributed by atoms with Crippen molar-refractivity contribution in [2.75, 3.05) is 19.6 Å². The van der Waals surface area contributed by atoms with E-state index in [-0.39, 0.29) is 0 Å². The molecule has 0 saturated carbocycles. The van der Waals surface area contributed by atoms with Gasteiger partial charge in [0.2, 0.25) is 0 Å². The molecule has 0 spiro atoms. The zero-order valence-corrected chi connectivity index (χ0v) is 10.7. The van der Waals surface area contributed by atoms with Gasteiger partial charge in [0.15, 0.2) is 0 Å². The Bertz CT molecular complexity index is 194. The van der Waals surface area contributed by atoms with Crippen LogP contribution in [0.3, 0.4) is 0 Å². The van der Waals surface area contributed by atoms with Crippen LogP contribution in [-0.4, -0.2) is 29.5 Å². The lowest BCUT2D eigenvalue weighted by Gasteiger charge is -2.15. The number of unbranched alkanes of at least 4 members (excludes halogenated alkanes) is 1. The van der Waals surface area contributed by atoms with E-state index >= 15 is 0 Å². The molecule has 1 heterocycles. The SMILES string of the molecule is CCCC1CCN(CCCCC(N)=S)C1. The molecule has 0 radical (unpaired) electrons. The molecule has 1 aliphatic heterocycles. The minimum absolute atomic E-state index is 0.667. The monoisotopic (exact) mass is 228 g/mol. The lowest BCUT2D eigenvalue weighted by atomic mass is 10.0. The standard InChI is InChI=1S/C12H24N2S/c1-2-5-11-7-9-14(10-11)8-4-3-6-12(13)15/h11H,2-10H2,1H3,(H2,13,15). The van der Waals surface area contributed by atoms with Crippen molar-refractivity contribution in [1.29, 1.82) is 0 Å². The molecule has 2 nitrogen and oxygen atoms in total. The molecule has 0 aliphatic carbocycles. The van der Waals surface area contributed by atoms with Gasteiger partial charge in [-0.2, -0.15) is 0 Å². The Hall–Kier alpha value is -0.150. The second kappa shape index (κ2) is 7.18. The normalized spacial score (nSPS) is 22.1. The van der Waals surface area contributed by atoms with Crippen molar-refractivity contribution in [3.8, 4) is 0 Å². The van der Waals surface area contributed by atoms with Crippen LogP contribution in [0, 0.1) is 5.92 Å². The molecule has 2 N–H and O–H groups in total. The van der Waals surface area contributed by atoms with Crippen molar-refractivity contribution in [2.24, 2.45) is 11.7 Å². The highest BCUT2D eigenvalue weighted by atomic mass is 32.1. The van der Waals surface area contributed by atoms with E-state index in [0.29, 0.717) is 4.99 Å². The number of nitrogens with two attached hydrogens (primary N) is 1. The Morgan fingerprint density at radius 2 is 2.27 bits per heavy atom. The Morgan fingerprint density at radius 1 is 1.47 bits per heavy atom. The first-order valence-corrected chi connectivity index (χ1v) is 6.64. The summed E-state index contributed by atoms with van der Waals surface area (Å²) in [7, 11) is 0. The van der Waals surface area contributed by atoms with Gasteiger partial charge >= 0.3 is 0 Å². The van der Waals surface area contributed by atoms with Crippen molar-refractivity contribution in [3.63, 3.8) is 0 Å². The van der Waals surface area contributed by atoms with E-state index in [1.807, 2.05) is 0 Å². The minimum Gasteiger partial charge on any atom is -0.393 e. The summed E-state index contributed by atoms with van der Waals surface area (Å²) in [6.07, 6.45) is 7.47. The van der Waals surface area contributed by atoms with E-state index in [4.69, 9.17) is 18.0 Å². The van der Waals surface area contributed by atoms with E-state index in [1.54, 1.807) is 0 Å². The first-order chi connectivity index (χ1) is 7.22. The first-order valence-electron chi connectivity index (χ1n) is 6.23. The van der Waals surface area contributed by atoms with Crippen molar-refractivity contribution >= 4 is 17.2 Å². The van der Waals surface area contributed by atoms with Crippen molar-refractivity contribution < 1.29 is 0 Å². The lowest BCUT2D eigenvalue weighted by Crippen LogP contribution is -2.22. The molecule has 15 heavy (non-hydrogen) atoms. The number of nitrogens with zero attached hydrogens (tertiary/aromatic N) is 1. The van der Waals surface area contributed by atoms with Crippen LogP contribution in [0.2, 0.25) is 0 Å². The molecule has 1 atom stereocenters. The van der Waals surface area contributed by atoms with Crippen molar-refractivity contribution in [2.45, 2.75) is 45.4 Å². The summed E-state index contributed by atoms with van der Waals surface area (Å²) >= 11 is 4.86. The summed E-state index contributed by atoms with van der Waals surface area (Å²) in [6, 6.07) is 0. The topological polar surface area (TPSA) is 29.3 Å². The summed E-state index contributed by atoms with van der Waals surface area (Å²) in [4.78, 5) is 3.26. The molecule has 0 bridgehead atoms. The number of likely N-dealkylation sites (tertiary alicyclic amines) is 1. The number of hydrogen-bond donors (Lipinski definition) is 1. The predicted molar refractivity (Wildman–Crippen MR) is 70.1 cm³/mol. The van der Waals surface area contributed by atoms with Gasteiger partial charge in [0.1, 0.15) is 0 Å². The third kappa shape index (κ3) is 5.47. The van der Waals surface area contributed by atoms with Gasteiger partial charge in [-0.25, -0.2) is 0 Å². The van der Waals surface area contributed by atoms with Crippen LogP contribution in [0.15, 0.2) is 0 Å². The van der Waals surface area contributed by atoms with Gasteiger partial charge in [-0.1, -0.05) is 25.6 Å². The molecule has 1 rings (SSSR count). The third-order valence-corrected chi connectivity index (χ3v) is 3.42. The number of thiocarbonyl (C=S) groups is 1. The quantitative estimate of drug-likeness (QED) is 0.536. The lowest BCUT2D eigenvalue weighted by molar-refractivity contribution is 0.314. The third-order valence-electron chi connectivity index (χ3n) is 3.21. The van der Waals surface area contributed by atoms with E-state index in [2.05, 4.69) is 11.8 Å². The fourth-order valence-electron chi connectivity index (χ4n) is 2.39. The minimum atomic E-state index is 0.667. The smallest absolute Gasteiger partial charge is 0.0727 e. The summed E-state index contributed by atoms with van der Waals surface area (Å²) in [5, 5.41) is 0. The molecule has 1 unspecified atom stereocenters. The molecular weight excluding hydrogens is 204 g/mol. The van der Waals surface area contributed by atoms with Crippen LogP contribution in [0.4, 0.5) is 0 Å². The second-order valence-corrected chi connectivity index (χ2v) is 5.19. The van der Waals surface area contributed by atoms with E-state index < -0.39 is 0 Å². The molecule has 0 aromatic heterocycles. The van der Waals surface area contributed by atoms with Crippen LogP contribution in [-0.2, 0) is 0 Å². The average Bonchev–Trinajstić information content (AvgIpc) is 2.61. The molecule has 88 valence electrons. The zero-order valence-electron chi connectivity index (χ0n) is 9.87. The molecule has 1 fully saturated rings. The van der Waals surface area contributed by atoms with Crippen LogP contribution in [0.5, 0.6) is 0 Å². The molecular formula is C12H24N2S. The highest BCUT2D eigenvalue weighted by Gasteiger charge is 2.20. The maximum absolute atomic E-state index is 5.47. The maximum Gasteiger partial charge on any atom is 0.0727 e. The highest BCUT2D eigenvalue weighted by molar-refractivity contribution is 7.80. The maximum atomic E-state index is 5.47. The van der Waals surface area contributed by atoms with Gasteiger partial charge in [0, 0.05) is 6.54 Å². The highest BCUT2D eigenvalue weighted by Crippen LogP contribution is 2.20. The number of rotatable bonds is 7. The fraction of sp³-hybridized carbons (Fsp3) is 0.917. The Balaban J connectivity index is 2.01. The molecule has 0 aromatic rings. The van der Waals surface area contributed by atoms with Crippen LogP contribution in [0.1, 0.15) is 45.4 Å². The van der Waals surface area contributed by atoms with Crippen molar-refractivity contribution in [1.82, 2.24) is 4.90 Å². The van der Waals surface area contributed by atoms with Gasteiger partial charge in [-0.3, -0.25) is 0 Å². The van der Waals surface area contributed by atoms with E-state index in [0.717, 1.165) is 18.8 Å². The largest absolute Gasteiger partial charge is 0.393 e. The molecule has 0 aromatic carbocycles. The Labute approximate surface area is 99.2 Å². The fourth-order valence-corrected chi connectivity index (χ4v) is 2.54. The second-order valence-electron chi connectivity index (χ2n) is 4.67. The zero-order chi connectivity index (χ0) is 11.1. The van der Waals surface area contributed by atoms with Crippen LogP contribution >= 0.6 is 12.2 Å². The van der Waals surface area contributed by atoms with Gasteiger partial charge in [0.25, 0.3) is 0 Å². The summed E-state index contributed by atoms with van der Waals surface area (Å²) in [5.74, 6) is 0.964. The molecule has 3 heteroatoms. The average molecular weight is 228 g/mol. The summed E-state index contributed by atoms with van der Waals surface area (Å²) in [5.41, 5.74) is 5.47. The predicted octanol–water partition coefficient (Wildman–Crippen LogP) is 2.56. The summed E-state index contributed by atoms with van der Waals surface area (Å²) < 4.78 is 0. The number of hydrogen-bond acceptors (Lipinski definition) is 2. The van der Waals surface area contributed by atoms with E-state index in [1.165, 1.54) is 45.3 Å². The first kappa shape index (κ1) is 12.9. The molecule has 1 aliphatic rings. The molecule has 1 saturated heterocycles.